The first kappa shape index (κ1) is 16.8. The van der Waals surface area contributed by atoms with Crippen molar-refractivity contribution in [1.82, 2.24) is 0 Å². The molecule has 3 nitrogen and oxygen atoms in total. The molecule has 0 aliphatic rings. The Morgan fingerprint density at radius 1 is 0.750 bits per heavy atom. The Morgan fingerprint density at radius 2 is 1.33 bits per heavy atom. The van der Waals surface area contributed by atoms with Gasteiger partial charge in [0.1, 0.15) is 0 Å². The highest BCUT2D eigenvalue weighted by Crippen LogP contribution is 2.38. The molecule has 1 atom stereocenters. The summed E-state index contributed by atoms with van der Waals surface area (Å²) in [5.74, 6) is 0. The maximum Gasteiger partial charge on any atom is 0.294 e. The van der Waals surface area contributed by atoms with Gasteiger partial charge in [0.15, 0.2) is 0 Å². The number of hydrogen-bond acceptors (Lipinski definition) is 2. The Balaban J connectivity index is 2.05. The summed E-state index contributed by atoms with van der Waals surface area (Å²) in [4.78, 5) is -0.0588. The maximum atomic E-state index is 11.5. The quantitative estimate of drug-likeness (QED) is 0.562. The molecular formula is C19H17O3PS. The Hall–Kier alpha value is -2.00. The van der Waals surface area contributed by atoms with Crippen molar-refractivity contribution in [3.05, 3.63) is 90.5 Å². The van der Waals surface area contributed by atoms with Crippen LogP contribution in [0, 0.1) is 0 Å². The predicted molar refractivity (Wildman–Crippen MR) is 99.0 cm³/mol. The molecule has 24 heavy (non-hydrogen) atoms. The van der Waals surface area contributed by atoms with E-state index in [1.54, 1.807) is 12.1 Å². The highest BCUT2D eigenvalue weighted by atomic mass is 32.2. The van der Waals surface area contributed by atoms with E-state index < -0.39 is 18.0 Å². The molecule has 0 saturated carbocycles. The minimum absolute atomic E-state index is 0.0588. The van der Waals surface area contributed by atoms with Crippen LogP contribution in [0.2, 0.25) is 0 Å². The normalized spacial score (nSPS) is 12.7. The molecular weight excluding hydrogens is 339 g/mol. The summed E-state index contributed by atoms with van der Waals surface area (Å²) in [7, 11) is -4.97. The van der Waals surface area contributed by atoms with Crippen molar-refractivity contribution in [1.29, 1.82) is 0 Å². The summed E-state index contributed by atoms with van der Waals surface area (Å²) < 4.78 is 32.3. The summed E-state index contributed by atoms with van der Waals surface area (Å²) >= 11 is 0. The molecule has 0 aliphatic carbocycles. The van der Waals surface area contributed by atoms with Gasteiger partial charge < -0.3 is 0 Å². The van der Waals surface area contributed by atoms with E-state index >= 15 is 0 Å². The van der Waals surface area contributed by atoms with E-state index in [9.17, 15) is 13.0 Å². The fraction of sp³-hybridized carbons (Fsp3) is 0.0526. The molecule has 0 aromatic heterocycles. The molecule has 1 N–H and O–H groups in total. The third-order valence-corrected chi connectivity index (χ3v) is 7.03. The van der Waals surface area contributed by atoms with Crippen molar-refractivity contribution in [2.24, 2.45) is 0 Å². The lowest BCUT2D eigenvalue weighted by molar-refractivity contribution is 0.483. The lowest BCUT2D eigenvalue weighted by Crippen LogP contribution is -2.14. The van der Waals surface area contributed by atoms with E-state index in [-0.39, 0.29) is 4.90 Å². The molecule has 0 fully saturated rings. The van der Waals surface area contributed by atoms with Crippen molar-refractivity contribution in [2.75, 3.05) is 0 Å². The zero-order valence-electron chi connectivity index (χ0n) is 12.9. The van der Waals surface area contributed by atoms with Gasteiger partial charge in [0.2, 0.25) is 0 Å². The van der Waals surface area contributed by atoms with Crippen molar-refractivity contribution < 1.29 is 13.0 Å². The minimum atomic E-state index is -4.20. The molecule has 0 saturated heterocycles. The van der Waals surface area contributed by atoms with Gasteiger partial charge in [-0.25, -0.2) is 0 Å². The van der Waals surface area contributed by atoms with Gasteiger partial charge in [0.25, 0.3) is 10.1 Å². The van der Waals surface area contributed by atoms with Crippen LogP contribution in [-0.2, 0) is 16.3 Å². The lowest BCUT2D eigenvalue weighted by Gasteiger charge is -2.19. The van der Waals surface area contributed by atoms with Gasteiger partial charge in [0, 0.05) is 6.16 Å². The van der Waals surface area contributed by atoms with E-state index in [0.717, 1.165) is 11.5 Å². The molecule has 1 unspecified atom stereocenters. The largest absolute Gasteiger partial charge is 0.294 e. The molecule has 3 aromatic rings. The molecule has 0 spiro atoms. The zero-order chi connectivity index (χ0) is 17.0. The van der Waals surface area contributed by atoms with Crippen LogP contribution in [0.4, 0.5) is 0 Å². The smallest absolute Gasteiger partial charge is 0.282 e. The second kappa shape index (κ2) is 7.27. The van der Waals surface area contributed by atoms with E-state index in [1.807, 2.05) is 42.5 Å². The van der Waals surface area contributed by atoms with E-state index in [0.29, 0.717) is 0 Å². The SMILES string of the molecule is O=S(=O)(O)c1cccc(P(Cc2ccccc2)c2ccccc2)c1. The van der Waals surface area contributed by atoms with Gasteiger partial charge >= 0.3 is 0 Å². The van der Waals surface area contributed by atoms with Crippen molar-refractivity contribution >= 4 is 28.6 Å². The van der Waals surface area contributed by atoms with Crippen LogP contribution in [0.3, 0.4) is 0 Å². The first-order chi connectivity index (χ1) is 11.5. The highest BCUT2D eigenvalue weighted by Gasteiger charge is 2.17. The molecule has 122 valence electrons. The number of hydrogen-bond donors (Lipinski definition) is 1. The number of benzene rings is 3. The third kappa shape index (κ3) is 4.09. The molecule has 0 amide bonds. The topological polar surface area (TPSA) is 54.4 Å². The van der Waals surface area contributed by atoms with Gasteiger partial charge in [-0.05, 0) is 36.2 Å². The molecule has 0 aliphatic heterocycles. The van der Waals surface area contributed by atoms with Gasteiger partial charge in [-0.2, -0.15) is 8.42 Å². The standard InChI is InChI=1S/C19H17O3PS/c20-24(21,22)19-13-7-12-18(14-19)23(17-10-5-2-6-11-17)15-16-8-3-1-4-9-16/h1-14H,15H2,(H,20,21,22). The second-order valence-corrected chi connectivity index (χ2v) is 9.01. The maximum absolute atomic E-state index is 11.5. The summed E-state index contributed by atoms with van der Waals surface area (Å²) in [5.41, 5.74) is 1.20. The van der Waals surface area contributed by atoms with Crippen LogP contribution in [0.15, 0.2) is 89.8 Å². The van der Waals surface area contributed by atoms with Crippen LogP contribution in [0.1, 0.15) is 5.56 Å². The van der Waals surface area contributed by atoms with Crippen LogP contribution < -0.4 is 10.6 Å². The minimum Gasteiger partial charge on any atom is -0.282 e. The van der Waals surface area contributed by atoms with Crippen molar-refractivity contribution in [3.8, 4) is 0 Å². The fourth-order valence-electron chi connectivity index (χ4n) is 2.52. The Labute approximate surface area is 143 Å². The van der Waals surface area contributed by atoms with Gasteiger partial charge in [-0.1, -0.05) is 72.8 Å². The molecule has 3 rings (SSSR count). The average molecular weight is 356 g/mol. The number of rotatable bonds is 5. The Kier molecular flexibility index (Phi) is 5.10. The first-order valence-corrected chi connectivity index (χ1v) is 10.4. The molecule has 0 bridgehead atoms. The predicted octanol–water partition coefficient (Wildman–Crippen LogP) is 3.57. The van der Waals surface area contributed by atoms with E-state index in [1.165, 1.54) is 16.9 Å². The summed E-state index contributed by atoms with van der Waals surface area (Å²) in [6, 6.07) is 26.8. The van der Waals surface area contributed by atoms with Crippen LogP contribution >= 0.6 is 7.92 Å². The van der Waals surface area contributed by atoms with Gasteiger partial charge in [-0.15, -0.1) is 0 Å². The lowest BCUT2D eigenvalue weighted by atomic mass is 10.2. The second-order valence-electron chi connectivity index (χ2n) is 5.38. The van der Waals surface area contributed by atoms with Gasteiger partial charge in [-0.3, -0.25) is 4.55 Å². The summed E-state index contributed by atoms with van der Waals surface area (Å²) in [5, 5.41) is 2.10. The molecule has 3 aromatic carbocycles. The molecule has 0 heterocycles. The highest BCUT2D eigenvalue weighted by molar-refractivity contribution is 7.86. The van der Waals surface area contributed by atoms with Crippen LogP contribution in [-0.4, -0.2) is 13.0 Å². The summed E-state index contributed by atoms with van der Waals surface area (Å²) in [6.07, 6.45) is 0.815. The first-order valence-electron chi connectivity index (χ1n) is 7.48. The van der Waals surface area contributed by atoms with Gasteiger partial charge in [0.05, 0.1) is 4.90 Å². The molecule has 0 radical (unpaired) electrons. The van der Waals surface area contributed by atoms with Crippen LogP contribution in [0.25, 0.3) is 0 Å². The Bertz CT molecular complexity index is 910. The Morgan fingerprint density at radius 3 is 1.96 bits per heavy atom. The average Bonchev–Trinajstić information content (AvgIpc) is 2.61. The summed E-state index contributed by atoms with van der Waals surface area (Å²) in [6.45, 7) is 0. The fourth-order valence-corrected chi connectivity index (χ4v) is 5.46. The third-order valence-electron chi connectivity index (χ3n) is 3.68. The van der Waals surface area contributed by atoms with Crippen molar-refractivity contribution in [2.45, 2.75) is 11.1 Å². The zero-order valence-corrected chi connectivity index (χ0v) is 14.6. The monoisotopic (exact) mass is 356 g/mol. The van der Waals surface area contributed by atoms with E-state index in [2.05, 4.69) is 24.3 Å². The van der Waals surface area contributed by atoms with E-state index in [4.69, 9.17) is 0 Å². The van der Waals surface area contributed by atoms with Crippen LogP contribution in [0.5, 0.6) is 0 Å². The van der Waals surface area contributed by atoms with Crippen molar-refractivity contribution in [3.63, 3.8) is 0 Å². The molecule has 5 heteroatoms.